The predicted molar refractivity (Wildman–Crippen MR) is 226 cm³/mol. The van der Waals surface area contributed by atoms with E-state index in [0.29, 0.717) is 19.3 Å². The largest absolute Gasteiger partial charge is 0.480 e. The molecule has 0 heterocycles. The fourth-order valence-electron chi connectivity index (χ4n) is 4.91. The number of phosphoric acid groups is 1. The minimum atomic E-state index is -4.74. The van der Waals surface area contributed by atoms with Crippen molar-refractivity contribution in [3.63, 3.8) is 0 Å². The first-order valence-corrected chi connectivity index (χ1v) is 22.1. The molecule has 0 saturated heterocycles. The molecule has 12 heteroatoms. The van der Waals surface area contributed by atoms with E-state index in [-0.39, 0.29) is 19.4 Å². The maximum atomic E-state index is 12.6. The van der Waals surface area contributed by atoms with Gasteiger partial charge in [-0.25, -0.2) is 4.57 Å². The fraction of sp³-hybridized carbons (Fsp3) is 0.614. The number of hydrogen-bond donors (Lipinski definition) is 3. The number of carboxylic acids is 1. The molecule has 0 amide bonds. The summed E-state index contributed by atoms with van der Waals surface area (Å²) in [5, 5.41) is 8.87. The summed E-state index contributed by atoms with van der Waals surface area (Å²) in [6.45, 7) is 2.56. The smallest absolute Gasteiger partial charge is 0.472 e. The second-order valence-corrected chi connectivity index (χ2v) is 14.8. The maximum absolute atomic E-state index is 12.6. The van der Waals surface area contributed by atoms with E-state index in [1.807, 2.05) is 18.2 Å². The van der Waals surface area contributed by atoms with E-state index in [1.54, 1.807) is 0 Å². The number of carboxylic acid groups (broad SMARTS) is 1. The lowest BCUT2D eigenvalue weighted by atomic mass is 10.1. The zero-order chi connectivity index (χ0) is 41.4. The van der Waals surface area contributed by atoms with Gasteiger partial charge in [0.15, 0.2) is 6.10 Å². The van der Waals surface area contributed by atoms with Gasteiger partial charge in [-0.3, -0.25) is 23.4 Å². The highest BCUT2D eigenvalue weighted by atomic mass is 31.2. The first kappa shape index (κ1) is 52.7. The Balaban J connectivity index is 4.56. The Bertz CT molecular complexity index is 1270. The Morgan fingerprint density at radius 2 is 1.04 bits per heavy atom. The molecule has 11 nitrogen and oxygen atoms in total. The monoisotopic (exact) mass is 805 g/mol. The van der Waals surface area contributed by atoms with Crippen LogP contribution in [0.15, 0.2) is 85.1 Å². The van der Waals surface area contributed by atoms with Crippen LogP contribution in [0, 0.1) is 0 Å². The Kier molecular flexibility index (Phi) is 36.2. The maximum Gasteiger partial charge on any atom is 0.472 e. The summed E-state index contributed by atoms with van der Waals surface area (Å²) in [5.74, 6) is -2.51. The first-order chi connectivity index (χ1) is 27.1. The van der Waals surface area contributed by atoms with E-state index in [9.17, 15) is 23.8 Å². The molecule has 4 N–H and O–H groups in total. The van der Waals surface area contributed by atoms with Gasteiger partial charge >= 0.3 is 25.7 Å². The highest BCUT2D eigenvalue weighted by Crippen LogP contribution is 2.43. The minimum absolute atomic E-state index is 0.0299. The Morgan fingerprint density at radius 1 is 0.571 bits per heavy atom. The highest BCUT2D eigenvalue weighted by Gasteiger charge is 2.28. The quantitative estimate of drug-likeness (QED) is 0.0236. The van der Waals surface area contributed by atoms with E-state index in [1.165, 1.54) is 25.7 Å². The van der Waals surface area contributed by atoms with Crippen molar-refractivity contribution in [3.05, 3.63) is 85.1 Å². The summed E-state index contributed by atoms with van der Waals surface area (Å²) >= 11 is 0. The van der Waals surface area contributed by atoms with Gasteiger partial charge in [0.2, 0.25) is 0 Å². The molecule has 0 aromatic heterocycles. The number of carbonyl (C=O) groups excluding carboxylic acids is 2. The van der Waals surface area contributed by atoms with Crippen LogP contribution in [0.5, 0.6) is 0 Å². The second kappa shape index (κ2) is 38.5. The summed E-state index contributed by atoms with van der Waals surface area (Å²) in [7, 11) is -4.74. The molecule has 0 spiro atoms. The average molecular weight is 806 g/mol. The normalized spacial score (nSPS) is 14.6. The molecule has 0 bridgehead atoms. The molecule has 0 saturated carbocycles. The van der Waals surface area contributed by atoms with Crippen LogP contribution >= 0.6 is 7.82 Å². The number of carbonyl (C=O) groups is 3. The van der Waals surface area contributed by atoms with Crippen molar-refractivity contribution in [2.24, 2.45) is 5.73 Å². The fourth-order valence-corrected chi connectivity index (χ4v) is 5.68. The number of rotatable bonds is 37. The molecular weight excluding hydrogens is 733 g/mol. The zero-order valence-corrected chi connectivity index (χ0v) is 35.1. The molecule has 0 radical (unpaired) electrons. The van der Waals surface area contributed by atoms with Gasteiger partial charge in [0.1, 0.15) is 12.6 Å². The van der Waals surface area contributed by atoms with Crippen molar-refractivity contribution < 1.29 is 47.5 Å². The lowest BCUT2D eigenvalue weighted by Gasteiger charge is -2.20. The van der Waals surface area contributed by atoms with Crippen LogP contribution in [0.25, 0.3) is 0 Å². The third-order valence-electron chi connectivity index (χ3n) is 8.14. The van der Waals surface area contributed by atoms with Crippen LogP contribution in [-0.2, 0) is 37.5 Å². The number of hydrogen-bond acceptors (Lipinski definition) is 9. The highest BCUT2D eigenvalue weighted by molar-refractivity contribution is 7.47. The van der Waals surface area contributed by atoms with Crippen LogP contribution in [0.4, 0.5) is 0 Å². The predicted octanol–water partition coefficient (Wildman–Crippen LogP) is 10.7. The Labute approximate surface area is 337 Å². The van der Waals surface area contributed by atoms with E-state index in [4.69, 9.17) is 24.8 Å². The molecule has 1 unspecified atom stereocenters. The zero-order valence-electron chi connectivity index (χ0n) is 34.2. The Hall–Kier alpha value is -3.34. The summed E-state index contributed by atoms with van der Waals surface area (Å²) in [4.78, 5) is 45.8. The topological polar surface area (TPSA) is 172 Å². The lowest BCUT2D eigenvalue weighted by molar-refractivity contribution is -0.161. The summed E-state index contributed by atoms with van der Waals surface area (Å²) in [6, 6.07) is -1.54. The van der Waals surface area contributed by atoms with Gasteiger partial charge in [-0.05, 0) is 77.0 Å². The molecule has 0 rings (SSSR count). The van der Waals surface area contributed by atoms with Crippen molar-refractivity contribution in [2.45, 2.75) is 154 Å². The summed E-state index contributed by atoms with van der Waals surface area (Å²) < 4.78 is 32.5. The van der Waals surface area contributed by atoms with Gasteiger partial charge in [-0.1, -0.05) is 137 Å². The number of nitrogens with two attached hydrogens (primary N) is 1. The lowest BCUT2D eigenvalue weighted by Crippen LogP contribution is -2.34. The summed E-state index contributed by atoms with van der Waals surface area (Å²) in [6.07, 6.45) is 46.7. The number of unbranched alkanes of at least 4 members (excludes halogenated alkanes) is 9. The molecule has 318 valence electrons. The number of esters is 2. The van der Waals surface area contributed by atoms with Crippen molar-refractivity contribution in [3.8, 4) is 0 Å². The SMILES string of the molecule is CCC=CCC=CCC=CCC=CCC=CCC=CCCC(=O)O[C@H](COC(=O)CCCCCCCC=CCCCCCC)COP(=O)(O)OC[C@H](N)C(=O)O. The van der Waals surface area contributed by atoms with E-state index >= 15 is 0 Å². The second-order valence-electron chi connectivity index (χ2n) is 13.4. The Morgan fingerprint density at radius 3 is 1.57 bits per heavy atom. The van der Waals surface area contributed by atoms with E-state index in [0.717, 1.165) is 70.6 Å². The van der Waals surface area contributed by atoms with Gasteiger partial charge in [0, 0.05) is 12.8 Å². The molecule has 0 aromatic rings. The number of allylic oxidation sites excluding steroid dienone is 14. The van der Waals surface area contributed by atoms with Gasteiger partial charge in [-0.2, -0.15) is 0 Å². The minimum Gasteiger partial charge on any atom is -0.480 e. The average Bonchev–Trinajstić information content (AvgIpc) is 3.17. The van der Waals surface area contributed by atoms with E-state index in [2.05, 4.69) is 85.2 Å². The van der Waals surface area contributed by atoms with Crippen molar-refractivity contribution >= 4 is 25.7 Å². The number of phosphoric ester groups is 1. The van der Waals surface area contributed by atoms with E-state index < -0.39 is 51.1 Å². The van der Waals surface area contributed by atoms with Gasteiger partial charge in [-0.15, -0.1) is 0 Å². The molecule has 0 aliphatic rings. The first-order valence-electron chi connectivity index (χ1n) is 20.6. The molecule has 0 aliphatic heterocycles. The summed E-state index contributed by atoms with van der Waals surface area (Å²) in [5.41, 5.74) is 5.32. The molecule has 0 aliphatic carbocycles. The van der Waals surface area contributed by atoms with Gasteiger partial charge < -0.3 is 25.2 Å². The molecule has 0 aromatic carbocycles. The van der Waals surface area contributed by atoms with Gasteiger partial charge in [0.05, 0.1) is 13.2 Å². The number of ether oxygens (including phenoxy) is 2. The van der Waals surface area contributed by atoms with Crippen molar-refractivity contribution in [1.29, 1.82) is 0 Å². The van der Waals surface area contributed by atoms with Crippen LogP contribution in [-0.4, -0.2) is 59.9 Å². The molecule has 3 atom stereocenters. The van der Waals surface area contributed by atoms with Crippen LogP contribution in [0.1, 0.15) is 142 Å². The third kappa shape index (κ3) is 37.6. The van der Waals surface area contributed by atoms with Crippen molar-refractivity contribution in [1.82, 2.24) is 0 Å². The molecule has 56 heavy (non-hydrogen) atoms. The molecule has 0 fully saturated rings. The number of aliphatic carboxylic acids is 1. The standard InChI is InChI=1S/C44H72NO10P/c1-3-5-7-9-11-13-15-17-18-19-20-21-22-24-26-28-30-32-34-36-43(47)55-40(38-53-56(50,51)54-39-41(45)44(48)49)37-52-42(46)35-33-31-29-27-25-23-16-14-12-10-8-6-4-2/h5,7,11,13-14,16-18,20-21,24,26,30,32,40-41H,3-4,6,8-10,12,15,19,22-23,25,27-29,31,33-39,45H2,1-2H3,(H,48,49)(H,50,51)/t40-,41+/m1/s1. The van der Waals surface area contributed by atoms with Crippen LogP contribution < -0.4 is 5.73 Å². The third-order valence-corrected chi connectivity index (χ3v) is 9.09. The van der Waals surface area contributed by atoms with Crippen LogP contribution in [0.2, 0.25) is 0 Å². The molecular formula is C44H72NO10P. The van der Waals surface area contributed by atoms with Crippen molar-refractivity contribution in [2.75, 3.05) is 19.8 Å². The van der Waals surface area contributed by atoms with Gasteiger partial charge in [0.25, 0.3) is 0 Å². The van der Waals surface area contributed by atoms with Crippen LogP contribution in [0.3, 0.4) is 0 Å².